The minimum absolute atomic E-state index is 0. The molecule has 0 spiro atoms. The summed E-state index contributed by atoms with van der Waals surface area (Å²) in [5, 5.41) is 0. The number of hydrogen-bond acceptors (Lipinski definition) is 0. The maximum absolute atomic E-state index is 0. The average molecular weight is 369 g/mol. The summed E-state index contributed by atoms with van der Waals surface area (Å²) in [6, 6.07) is 0. The Morgan fingerprint density at radius 3 is 0.600 bits per heavy atom. The van der Waals surface area contributed by atoms with Crippen molar-refractivity contribution in [1.29, 1.82) is 0 Å². The van der Waals surface area contributed by atoms with Crippen LogP contribution in [0, 0.1) is 0 Å². The molecule has 0 aromatic rings. The minimum Gasteiger partial charge on any atom is -1.00 e. The Morgan fingerprint density at radius 1 is 0.600 bits per heavy atom. The van der Waals surface area contributed by atoms with E-state index in [0.29, 0.717) is 0 Å². The van der Waals surface area contributed by atoms with E-state index >= 15 is 0 Å². The van der Waals surface area contributed by atoms with Crippen LogP contribution in [0.3, 0.4) is 0 Å². The molecule has 0 N–H and O–H groups in total. The molecule has 0 aliphatic carbocycles. The van der Waals surface area contributed by atoms with E-state index in [1.54, 1.807) is 0 Å². The zero-order valence-corrected chi connectivity index (χ0v) is 10.8. The Bertz CT molecular complexity index is 6.85. The summed E-state index contributed by atoms with van der Waals surface area (Å²) in [6.45, 7) is 0. The van der Waals surface area contributed by atoms with Crippen LogP contribution in [-0.4, -0.2) is 0 Å². The van der Waals surface area contributed by atoms with Crippen LogP contribution in [0.2, 0.25) is 0 Å². The molecule has 0 radical (unpaired) electrons. The van der Waals surface area contributed by atoms with Gasteiger partial charge in [-0.15, -0.1) is 0 Å². The largest absolute Gasteiger partial charge is 2.00 e. The van der Waals surface area contributed by atoms with Crippen LogP contribution < -0.4 is 80.5 Å². The van der Waals surface area contributed by atoms with E-state index in [2.05, 4.69) is 0 Å². The van der Waals surface area contributed by atoms with E-state index in [9.17, 15) is 0 Å². The Morgan fingerprint density at radius 2 is 0.600 bits per heavy atom. The van der Waals surface area contributed by atoms with Gasteiger partial charge in [0.2, 0.25) is 0 Å². The van der Waals surface area contributed by atoms with Crippen LogP contribution in [0.4, 0.5) is 0 Å². The van der Waals surface area contributed by atoms with Crippen molar-refractivity contribution >= 4 is 0 Å². The van der Waals surface area contributed by atoms with Crippen LogP contribution in [0.15, 0.2) is 0 Å². The third-order valence-electron chi connectivity index (χ3n) is 0. The third-order valence-corrected chi connectivity index (χ3v) is 0. The molecule has 0 amide bonds. The van der Waals surface area contributed by atoms with Crippen LogP contribution >= 0.6 is 0 Å². The van der Waals surface area contributed by atoms with E-state index < -0.39 is 0 Å². The second kappa shape index (κ2) is 27.5. The first-order valence-electron chi connectivity index (χ1n) is 0. The van der Waals surface area contributed by atoms with Gasteiger partial charge in [0.1, 0.15) is 0 Å². The molecule has 0 saturated heterocycles. The minimum atomic E-state index is 0. The van der Waals surface area contributed by atoms with Crippen molar-refractivity contribution in [1.82, 2.24) is 0 Å². The van der Waals surface area contributed by atoms with Gasteiger partial charge < -0.3 is 50.9 Å². The summed E-state index contributed by atoms with van der Waals surface area (Å²) < 4.78 is 0. The van der Waals surface area contributed by atoms with Gasteiger partial charge in [0, 0.05) is 0 Å². The molecule has 0 rings (SSSR count). The van der Waals surface area contributed by atoms with E-state index in [0.717, 1.165) is 0 Å². The molecule has 5 heavy (non-hydrogen) atoms. The molecule has 0 saturated carbocycles. The Balaban J connectivity index is 0. The molecule has 0 unspecified atom stereocenters. The summed E-state index contributed by atoms with van der Waals surface area (Å²) in [7, 11) is 0. The maximum atomic E-state index is 0. The monoisotopic (exact) mass is 366 g/mol. The first-order chi connectivity index (χ1) is 0. The van der Waals surface area contributed by atoms with Gasteiger partial charge in [-0.25, -0.2) is 0 Å². The average Bonchev–Trinajstić information content (AvgIpc) is 0. The van der Waals surface area contributed by atoms with Gasteiger partial charge in [-0.05, 0) is 0 Å². The fourth-order valence-electron chi connectivity index (χ4n) is 0. The van der Waals surface area contributed by atoms with E-state index in [4.69, 9.17) is 0 Å². The third kappa shape index (κ3) is 19.2. The molecule has 0 aromatic carbocycles. The Hall–Kier alpha value is 3.10. The summed E-state index contributed by atoms with van der Waals surface area (Å²) >= 11 is 0. The zero-order valence-electron chi connectivity index (χ0n) is 2.45. The van der Waals surface area contributed by atoms with Crippen molar-refractivity contribution in [3.63, 3.8) is 0 Å². The van der Waals surface area contributed by atoms with Crippen molar-refractivity contribution < 1.29 is 101 Å². The molecule has 0 aliphatic rings. The van der Waals surface area contributed by atoms with Crippen molar-refractivity contribution in [3.8, 4) is 0 Å². The molecule has 0 nitrogen and oxygen atoms in total. The normalized spacial score (nSPS) is 0. The van der Waals surface area contributed by atoms with Crippen LogP contribution in [0.1, 0.15) is 0 Å². The number of rotatable bonds is 0. The van der Waals surface area contributed by atoms with Gasteiger partial charge in [-0.1, -0.05) is 0 Å². The quantitative estimate of drug-likeness (QED) is 0.372. The van der Waals surface area contributed by atoms with Crippen LogP contribution in [0.25, 0.3) is 0 Å². The van der Waals surface area contributed by atoms with Gasteiger partial charge in [0.05, 0.1) is 0 Å². The fourth-order valence-corrected chi connectivity index (χ4v) is 0. The molecule has 32 valence electrons. The summed E-state index contributed by atoms with van der Waals surface area (Å²) in [6.07, 6.45) is 0. The topological polar surface area (TPSA) is 0 Å². The second-order valence-corrected chi connectivity index (χ2v) is 0. The zero-order chi connectivity index (χ0) is 0. The van der Waals surface area contributed by atoms with Crippen molar-refractivity contribution in [3.05, 3.63) is 0 Å². The molecule has 0 aromatic heterocycles. The van der Waals surface area contributed by atoms with E-state index in [1.165, 1.54) is 0 Å². The maximum Gasteiger partial charge on any atom is 2.00 e. The van der Waals surface area contributed by atoms with E-state index in [-0.39, 0.29) is 101 Å². The summed E-state index contributed by atoms with van der Waals surface area (Å²) in [4.78, 5) is 0. The van der Waals surface area contributed by atoms with Gasteiger partial charge in [0.25, 0.3) is 0 Å². The number of hydrogen-bond donors (Lipinski definition) is 0. The molecule has 0 fully saturated rings. The van der Waals surface area contributed by atoms with Crippen molar-refractivity contribution in [2.45, 2.75) is 0 Å². The SMILES string of the molecule is [Br-].[Br-].[Br-].[Na+].[Pd+2]. The predicted molar refractivity (Wildman–Crippen MR) is 0 cm³/mol. The summed E-state index contributed by atoms with van der Waals surface area (Å²) in [5.74, 6) is 0. The molecular weight excluding hydrogens is 369 g/mol. The molecule has 0 heterocycles. The van der Waals surface area contributed by atoms with Crippen molar-refractivity contribution in [2.24, 2.45) is 0 Å². The first-order valence-corrected chi connectivity index (χ1v) is 0. The Labute approximate surface area is 99.1 Å². The first kappa shape index (κ1) is 42.5. The number of halogens is 3. The smallest absolute Gasteiger partial charge is 1.00 e. The van der Waals surface area contributed by atoms with Crippen LogP contribution in [-0.2, 0) is 20.4 Å². The molecule has 0 aliphatic heterocycles. The van der Waals surface area contributed by atoms with Gasteiger partial charge in [-0.3, -0.25) is 0 Å². The molecular formula is Br3NaPd. The molecule has 5 heteroatoms. The van der Waals surface area contributed by atoms with Crippen LogP contribution in [0.5, 0.6) is 0 Å². The van der Waals surface area contributed by atoms with Gasteiger partial charge >= 0.3 is 50.0 Å². The molecule has 0 bridgehead atoms. The Kier molecular flexibility index (Phi) is 233. The van der Waals surface area contributed by atoms with E-state index in [1.807, 2.05) is 0 Å². The second-order valence-electron chi connectivity index (χ2n) is 0. The van der Waals surface area contributed by atoms with Gasteiger partial charge in [-0.2, -0.15) is 0 Å². The van der Waals surface area contributed by atoms with Gasteiger partial charge in [0.15, 0.2) is 0 Å². The molecule has 0 atom stereocenters. The standard InChI is InChI=1S/3BrH.Na.Pd/h3*1H;;/q;;;+1;+2/p-3. The summed E-state index contributed by atoms with van der Waals surface area (Å²) in [5.41, 5.74) is 0. The van der Waals surface area contributed by atoms with Crippen molar-refractivity contribution in [2.75, 3.05) is 0 Å². The predicted octanol–water partition coefficient (Wildman–Crippen LogP) is -12.0. The fraction of sp³-hybridized carbons (Fsp3) is 0.